The molecule has 2 aromatic carbocycles. The lowest BCUT2D eigenvalue weighted by Gasteiger charge is -2.32. The molecule has 1 atom stereocenters. The van der Waals surface area contributed by atoms with Crippen molar-refractivity contribution < 1.29 is 23.1 Å². The van der Waals surface area contributed by atoms with Crippen LogP contribution >= 0.6 is 0 Å². The minimum absolute atomic E-state index is 0.0208. The van der Waals surface area contributed by atoms with E-state index < -0.39 is 24.2 Å². The van der Waals surface area contributed by atoms with Gasteiger partial charge in [0.05, 0.1) is 18.6 Å². The number of amides is 1. The fourth-order valence-electron chi connectivity index (χ4n) is 3.01. The van der Waals surface area contributed by atoms with E-state index in [2.05, 4.69) is 5.10 Å². The minimum Gasteiger partial charge on any atom is -0.362 e. The molecule has 1 amide bonds. The van der Waals surface area contributed by atoms with Gasteiger partial charge in [-0.15, -0.1) is 0 Å². The number of alkyl halides is 3. The number of rotatable bonds is 3. The molecule has 7 heteroatoms. The monoisotopic (exact) mass is 376 g/mol. The summed E-state index contributed by atoms with van der Waals surface area (Å²) in [5, 5.41) is 14.4. The standard InChI is InChI=1S/C20H19F3N2O2/c1-13-6-8-16(9-7-13)17-12-19(27,20(21,22)23)25(24-17)18(26)11-15-5-3-4-14(2)10-15/h3-10,27H,11-12H2,1-2H3. The van der Waals surface area contributed by atoms with Crippen LogP contribution in [0.25, 0.3) is 0 Å². The van der Waals surface area contributed by atoms with Crippen LogP contribution in [-0.4, -0.2) is 33.6 Å². The van der Waals surface area contributed by atoms with Gasteiger partial charge < -0.3 is 5.11 Å². The normalized spacial score (nSPS) is 19.9. The first-order chi connectivity index (χ1) is 12.6. The van der Waals surface area contributed by atoms with Crippen molar-refractivity contribution in [2.45, 2.75) is 38.6 Å². The Morgan fingerprint density at radius 1 is 1.15 bits per heavy atom. The highest BCUT2D eigenvalue weighted by Gasteiger charge is 2.63. The van der Waals surface area contributed by atoms with Gasteiger partial charge in [-0.2, -0.15) is 23.3 Å². The summed E-state index contributed by atoms with van der Waals surface area (Å²) >= 11 is 0. The van der Waals surface area contributed by atoms with Crippen LogP contribution in [0.1, 0.15) is 28.7 Å². The van der Waals surface area contributed by atoms with E-state index in [0.717, 1.165) is 11.1 Å². The predicted molar refractivity (Wildman–Crippen MR) is 95.1 cm³/mol. The number of hydrazone groups is 1. The number of halogens is 3. The molecular weight excluding hydrogens is 357 g/mol. The number of aryl methyl sites for hydroxylation is 2. The van der Waals surface area contributed by atoms with Gasteiger partial charge >= 0.3 is 6.18 Å². The van der Waals surface area contributed by atoms with Crippen LogP contribution in [0.15, 0.2) is 53.6 Å². The Morgan fingerprint density at radius 3 is 2.41 bits per heavy atom. The van der Waals surface area contributed by atoms with Gasteiger partial charge in [0.2, 0.25) is 5.91 Å². The summed E-state index contributed by atoms with van der Waals surface area (Å²) < 4.78 is 40.8. The Kier molecular flexibility index (Phi) is 4.82. The van der Waals surface area contributed by atoms with Crippen LogP contribution in [0, 0.1) is 13.8 Å². The molecule has 0 aromatic heterocycles. The van der Waals surface area contributed by atoms with Crippen LogP contribution < -0.4 is 0 Å². The number of hydrogen-bond acceptors (Lipinski definition) is 3. The highest BCUT2D eigenvalue weighted by atomic mass is 19.4. The molecule has 1 unspecified atom stereocenters. The van der Waals surface area contributed by atoms with E-state index in [-0.39, 0.29) is 17.1 Å². The average molecular weight is 376 g/mol. The van der Waals surface area contributed by atoms with E-state index in [0.29, 0.717) is 11.1 Å². The smallest absolute Gasteiger partial charge is 0.362 e. The predicted octanol–water partition coefficient (Wildman–Crippen LogP) is 3.73. The molecule has 0 aliphatic carbocycles. The molecule has 3 rings (SSSR count). The van der Waals surface area contributed by atoms with Crippen molar-refractivity contribution in [1.82, 2.24) is 5.01 Å². The quantitative estimate of drug-likeness (QED) is 0.887. The molecule has 0 radical (unpaired) electrons. The Balaban J connectivity index is 1.94. The van der Waals surface area contributed by atoms with Crippen LogP contribution in [0.5, 0.6) is 0 Å². The number of carbonyl (C=O) groups is 1. The van der Waals surface area contributed by atoms with E-state index in [1.807, 2.05) is 19.9 Å². The minimum atomic E-state index is -5.04. The molecule has 0 spiro atoms. The maximum atomic E-state index is 13.6. The summed E-state index contributed by atoms with van der Waals surface area (Å²) in [7, 11) is 0. The largest absolute Gasteiger partial charge is 0.438 e. The maximum absolute atomic E-state index is 13.6. The SMILES string of the molecule is Cc1ccc(C2=NN(C(=O)Cc3cccc(C)c3)C(O)(C(F)(F)F)C2)cc1. The van der Waals surface area contributed by atoms with Crippen LogP contribution in [-0.2, 0) is 11.2 Å². The van der Waals surface area contributed by atoms with E-state index in [9.17, 15) is 23.1 Å². The number of nitrogens with zero attached hydrogens (tertiary/aromatic N) is 2. The second-order valence-electron chi connectivity index (χ2n) is 6.78. The average Bonchev–Trinajstić information content (AvgIpc) is 2.94. The Bertz CT molecular complexity index is 891. The highest BCUT2D eigenvalue weighted by Crippen LogP contribution is 2.41. The zero-order valence-corrected chi connectivity index (χ0v) is 14.9. The molecule has 1 aliphatic heterocycles. The topological polar surface area (TPSA) is 52.9 Å². The van der Waals surface area contributed by atoms with Crippen LogP contribution in [0.4, 0.5) is 13.2 Å². The van der Waals surface area contributed by atoms with Crippen molar-refractivity contribution in [2.75, 3.05) is 0 Å². The van der Waals surface area contributed by atoms with Gasteiger partial charge in [-0.25, -0.2) is 0 Å². The van der Waals surface area contributed by atoms with E-state index in [1.54, 1.807) is 42.5 Å². The molecule has 142 valence electrons. The molecule has 1 heterocycles. The Labute approximate surface area is 154 Å². The molecule has 1 N–H and O–H groups in total. The molecule has 0 saturated carbocycles. The first kappa shape index (κ1) is 19.1. The fraction of sp³-hybridized carbons (Fsp3) is 0.300. The maximum Gasteiger partial charge on any atom is 0.438 e. The highest BCUT2D eigenvalue weighted by molar-refractivity contribution is 6.03. The summed E-state index contributed by atoms with van der Waals surface area (Å²) in [6.07, 6.45) is -6.13. The van der Waals surface area contributed by atoms with E-state index in [1.165, 1.54) is 0 Å². The van der Waals surface area contributed by atoms with Crippen LogP contribution in [0.3, 0.4) is 0 Å². The third-order valence-electron chi connectivity index (χ3n) is 4.50. The summed E-state index contributed by atoms with van der Waals surface area (Å²) in [5.41, 5.74) is -0.508. The summed E-state index contributed by atoms with van der Waals surface area (Å²) in [5.74, 6) is -0.914. The van der Waals surface area contributed by atoms with E-state index in [4.69, 9.17) is 0 Å². The summed E-state index contributed by atoms with van der Waals surface area (Å²) in [6.45, 7) is 3.67. The zero-order chi connectivity index (χ0) is 19.8. The lowest BCUT2D eigenvalue weighted by Crippen LogP contribution is -2.57. The molecular formula is C20H19F3N2O2. The molecule has 4 nitrogen and oxygen atoms in total. The molecule has 27 heavy (non-hydrogen) atoms. The first-order valence-corrected chi connectivity index (χ1v) is 8.42. The molecule has 2 aromatic rings. The third-order valence-corrected chi connectivity index (χ3v) is 4.50. The van der Waals surface area contributed by atoms with Crippen molar-refractivity contribution in [1.29, 1.82) is 0 Å². The van der Waals surface area contributed by atoms with Gasteiger partial charge in [0, 0.05) is 0 Å². The number of benzene rings is 2. The van der Waals surface area contributed by atoms with Gasteiger partial charge in [-0.05, 0) is 25.0 Å². The van der Waals surface area contributed by atoms with Gasteiger partial charge in [0.15, 0.2) is 0 Å². The summed E-state index contributed by atoms with van der Waals surface area (Å²) in [6, 6.07) is 13.6. The van der Waals surface area contributed by atoms with Gasteiger partial charge in [-0.1, -0.05) is 59.7 Å². The molecule has 0 fully saturated rings. The van der Waals surface area contributed by atoms with E-state index >= 15 is 0 Å². The van der Waals surface area contributed by atoms with Crippen molar-refractivity contribution in [3.63, 3.8) is 0 Å². The van der Waals surface area contributed by atoms with Gasteiger partial charge in [-0.3, -0.25) is 4.79 Å². The number of hydrogen-bond donors (Lipinski definition) is 1. The lowest BCUT2D eigenvalue weighted by molar-refractivity contribution is -0.302. The van der Waals surface area contributed by atoms with Crippen molar-refractivity contribution in [3.05, 3.63) is 70.8 Å². The molecule has 1 aliphatic rings. The Hall–Kier alpha value is -2.67. The third kappa shape index (κ3) is 3.73. The summed E-state index contributed by atoms with van der Waals surface area (Å²) in [4.78, 5) is 12.6. The van der Waals surface area contributed by atoms with Crippen molar-refractivity contribution in [2.24, 2.45) is 5.10 Å². The van der Waals surface area contributed by atoms with Gasteiger partial charge in [0.25, 0.3) is 5.72 Å². The van der Waals surface area contributed by atoms with Crippen molar-refractivity contribution >= 4 is 11.6 Å². The van der Waals surface area contributed by atoms with Crippen molar-refractivity contribution in [3.8, 4) is 0 Å². The zero-order valence-electron chi connectivity index (χ0n) is 14.9. The fourth-order valence-corrected chi connectivity index (χ4v) is 3.01. The number of carbonyl (C=O) groups excluding carboxylic acids is 1. The second kappa shape index (κ2) is 6.81. The first-order valence-electron chi connectivity index (χ1n) is 8.42. The molecule has 0 bridgehead atoms. The second-order valence-corrected chi connectivity index (χ2v) is 6.78. The van der Waals surface area contributed by atoms with Crippen LogP contribution in [0.2, 0.25) is 0 Å². The number of aliphatic hydroxyl groups is 1. The molecule has 0 saturated heterocycles. The lowest BCUT2D eigenvalue weighted by atomic mass is 9.99. The van der Waals surface area contributed by atoms with Gasteiger partial charge in [0.1, 0.15) is 0 Å². The Morgan fingerprint density at radius 2 is 1.81 bits per heavy atom.